The quantitative estimate of drug-likeness (QED) is 0.897. The average Bonchev–Trinajstić information content (AvgIpc) is 2.92. The number of nitrogens with one attached hydrogen (secondary N) is 1. The summed E-state index contributed by atoms with van der Waals surface area (Å²) in [6, 6.07) is 3.86. The molecule has 1 aliphatic heterocycles. The van der Waals surface area contributed by atoms with Crippen LogP contribution in [-0.4, -0.2) is 35.1 Å². The Morgan fingerprint density at radius 3 is 3.05 bits per heavy atom. The average molecular weight is 296 g/mol. The third-order valence-electron chi connectivity index (χ3n) is 3.58. The van der Waals surface area contributed by atoms with Crippen LogP contribution in [0.1, 0.15) is 37.1 Å². The minimum atomic E-state index is -0.788. The van der Waals surface area contributed by atoms with Crippen LogP contribution < -0.4 is 5.32 Å². The Morgan fingerprint density at radius 2 is 2.40 bits per heavy atom. The number of likely N-dealkylation sites (tertiary alicyclic amines) is 1. The number of carboxylic acid groups (broad SMARTS) is 1. The van der Waals surface area contributed by atoms with Crippen LogP contribution in [0.25, 0.3) is 0 Å². The van der Waals surface area contributed by atoms with Gasteiger partial charge in [-0.05, 0) is 37.1 Å². The van der Waals surface area contributed by atoms with E-state index in [2.05, 4.69) is 5.32 Å². The molecular formula is C14H20N2O3S. The van der Waals surface area contributed by atoms with Gasteiger partial charge in [-0.3, -0.25) is 4.79 Å². The van der Waals surface area contributed by atoms with E-state index in [0.717, 1.165) is 17.7 Å². The first-order valence-corrected chi connectivity index (χ1v) is 7.75. The van der Waals surface area contributed by atoms with Crippen LogP contribution in [0, 0.1) is 5.92 Å². The molecule has 2 N–H and O–H groups in total. The highest BCUT2D eigenvalue weighted by atomic mass is 32.1. The van der Waals surface area contributed by atoms with Crippen molar-refractivity contribution in [1.82, 2.24) is 10.2 Å². The van der Waals surface area contributed by atoms with Gasteiger partial charge in [0, 0.05) is 24.4 Å². The number of hydrogen-bond acceptors (Lipinski definition) is 3. The van der Waals surface area contributed by atoms with Crippen molar-refractivity contribution in [3.05, 3.63) is 22.4 Å². The minimum Gasteiger partial charge on any atom is -0.481 e. The van der Waals surface area contributed by atoms with E-state index in [1.807, 2.05) is 24.4 Å². The fourth-order valence-corrected chi connectivity index (χ4v) is 3.28. The fourth-order valence-electron chi connectivity index (χ4n) is 2.55. The van der Waals surface area contributed by atoms with Crippen LogP contribution in [0.5, 0.6) is 0 Å². The van der Waals surface area contributed by atoms with Gasteiger partial charge in [0.05, 0.1) is 6.04 Å². The van der Waals surface area contributed by atoms with Crippen molar-refractivity contribution in [3.8, 4) is 0 Å². The molecule has 2 heterocycles. The summed E-state index contributed by atoms with van der Waals surface area (Å²) in [6.45, 7) is 3.21. The fraction of sp³-hybridized carbons (Fsp3) is 0.571. The maximum absolute atomic E-state index is 12.2. The van der Waals surface area contributed by atoms with Gasteiger partial charge in [-0.25, -0.2) is 4.79 Å². The smallest absolute Gasteiger partial charge is 0.317 e. The highest BCUT2D eigenvalue weighted by Gasteiger charge is 2.26. The van der Waals surface area contributed by atoms with Crippen LogP contribution in [0.2, 0.25) is 0 Å². The maximum atomic E-state index is 12.2. The van der Waals surface area contributed by atoms with E-state index in [9.17, 15) is 9.59 Å². The summed E-state index contributed by atoms with van der Waals surface area (Å²) in [5.74, 6) is -0.715. The Hall–Kier alpha value is -1.56. The first-order chi connectivity index (χ1) is 9.56. The zero-order chi connectivity index (χ0) is 14.5. The number of nitrogens with zero attached hydrogens (tertiary/aromatic N) is 1. The van der Waals surface area contributed by atoms with E-state index in [1.54, 1.807) is 16.2 Å². The molecule has 1 aromatic rings. The topological polar surface area (TPSA) is 69.6 Å². The molecule has 0 radical (unpaired) electrons. The number of thiophene rings is 1. The zero-order valence-corrected chi connectivity index (χ0v) is 12.4. The summed E-state index contributed by atoms with van der Waals surface area (Å²) in [7, 11) is 0. The van der Waals surface area contributed by atoms with Crippen molar-refractivity contribution in [3.63, 3.8) is 0 Å². The number of carbonyl (C=O) groups is 2. The van der Waals surface area contributed by atoms with E-state index >= 15 is 0 Å². The highest BCUT2D eigenvalue weighted by molar-refractivity contribution is 7.10. The predicted molar refractivity (Wildman–Crippen MR) is 77.8 cm³/mol. The second-order valence-electron chi connectivity index (χ2n) is 5.24. The molecule has 110 valence electrons. The minimum absolute atomic E-state index is 0.0117. The molecule has 2 atom stereocenters. The van der Waals surface area contributed by atoms with Gasteiger partial charge in [0.25, 0.3) is 0 Å². The van der Waals surface area contributed by atoms with Crippen LogP contribution in [0.15, 0.2) is 17.5 Å². The molecular weight excluding hydrogens is 276 g/mol. The van der Waals surface area contributed by atoms with Gasteiger partial charge in [0.1, 0.15) is 0 Å². The Bertz CT molecular complexity index is 461. The van der Waals surface area contributed by atoms with Crippen LogP contribution >= 0.6 is 11.3 Å². The van der Waals surface area contributed by atoms with Crippen molar-refractivity contribution in [2.24, 2.45) is 5.92 Å². The molecule has 2 unspecified atom stereocenters. The third kappa shape index (κ3) is 3.96. The SMILES string of the molecule is CC(NC(=O)N1CCCC(CC(=O)O)C1)c1cccs1. The van der Waals surface area contributed by atoms with E-state index in [1.165, 1.54) is 0 Å². The molecule has 6 heteroatoms. The number of rotatable bonds is 4. The summed E-state index contributed by atoms with van der Waals surface area (Å²) in [5, 5.41) is 13.8. The van der Waals surface area contributed by atoms with Crippen LogP contribution in [0.4, 0.5) is 4.79 Å². The molecule has 2 amide bonds. The monoisotopic (exact) mass is 296 g/mol. The van der Waals surface area contributed by atoms with Gasteiger partial charge in [-0.2, -0.15) is 0 Å². The predicted octanol–water partition coefficient (Wildman–Crippen LogP) is 2.71. The summed E-state index contributed by atoms with van der Waals surface area (Å²) < 4.78 is 0. The van der Waals surface area contributed by atoms with E-state index in [4.69, 9.17) is 5.11 Å². The first-order valence-electron chi connectivity index (χ1n) is 6.87. The lowest BCUT2D eigenvalue weighted by Crippen LogP contribution is -2.46. The Labute approximate surface area is 122 Å². The summed E-state index contributed by atoms with van der Waals surface area (Å²) in [5.41, 5.74) is 0. The number of carboxylic acids is 1. The second kappa shape index (κ2) is 6.74. The molecule has 0 saturated carbocycles. The molecule has 0 aromatic carbocycles. The lowest BCUT2D eigenvalue weighted by molar-refractivity contribution is -0.138. The van der Waals surface area contributed by atoms with Crippen LogP contribution in [-0.2, 0) is 4.79 Å². The van der Waals surface area contributed by atoms with Crippen molar-refractivity contribution in [2.45, 2.75) is 32.2 Å². The molecule has 0 aliphatic carbocycles. The zero-order valence-electron chi connectivity index (χ0n) is 11.5. The van der Waals surface area contributed by atoms with Crippen molar-refractivity contribution in [2.75, 3.05) is 13.1 Å². The molecule has 1 aromatic heterocycles. The summed E-state index contributed by atoms with van der Waals surface area (Å²) in [6.07, 6.45) is 1.90. The summed E-state index contributed by atoms with van der Waals surface area (Å²) in [4.78, 5) is 25.8. The van der Waals surface area contributed by atoms with E-state index < -0.39 is 5.97 Å². The van der Waals surface area contributed by atoms with Crippen molar-refractivity contribution >= 4 is 23.3 Å². The van der Waals surface area contributed by atoms with Crippen LogP contribution in [0.3, 0.4) is 0 Å². The van der Waals surface area contributed by atoms with Gasteiger partial charge >= 0.3 is 12.0 Å². The molecule has 1 fully saturated rings. The molecule has 5 nitrogen and oxygen atoms in total. The molecule has 20 heavy (non-hydrogen) atoms. The third-order valence-corrected chi connectivity index (χ3v) is 4.63. The lowest BCUT2D eigenvalue weighted by atomic mass is 9.95. The Kier molecular flexibility index (Phi) is 5.00. The largest absolute Gasteiger partial charge is 0.481 e. The van der Waals surface area contributed by atoms with Gasteiger partial charge in [0.15, 0.2) is 0 Å². The second-order valence-corrected chi connectivity index (χ2v) is 6.22. The summed E-state index contributed by atoms with van der Waals surface area (Å²) >= 11 is 1.62. The molecule has 0 bridgehead atoms. The van der Waals surface area contributed by atoms with E-state index in [-0.39, 0.29) is 24.4 Å². The Morgan fingerprint density at radius 1 is 1.60 bits per heavy atom. The standard InChI is InChI=1S/C14H20N2O3S/c1-10(12-5-3-7-20-12)15-14(19)16-6-2-4-11(9-16)8-13(17)18/h3,5,7,10-11H,2,4,6,8-9H2,1H3,(H,15,19)(H,17,18). The molecule has 0 spiro atoms. The Balaban J connectivity index is 1.87. The lowest BCUT2D eigenvalue weighted by Gasteiger charge is -2.32. The number of urea groups is 1. The van der Waals surface area contributed by atoms with Gasteiger partial charge in [-0.15, -0.1) is 11.3 Å². The molecule has 2 rings (SSSR count). The number of aliphatic carboxylic acids is 1. The molecule has 1 saturated heterocycles. The number of carbonyl (C=O) groups excluding carboxylic acids is 1. The maximum Gasteiger partial charge on any atom is 0.317 e. The molecule has 1 aliphatic rings. The van der Waals surface area contributed by atoms with Crippen molar-refractivity contribution < 1.29 is 14.7 Å². The highest BCUT2D eigenvalue weighted by Crippen LogP contribution is 2.22. The van der Waals surface area contributed by atoms with Crippen molar-refractivity contribution in [1.29, 1.82) is 0 Å². The number of amides is 2. The first kappa shape index (κ1) is 14.8. The van der Waals surface area contributed by atoms with E-state index in [0.29, 0.717) is 13.1 Å². The number of piperidine rings is 1. The van der Waals surface area contributed by atoms with Gasteiger partial charge < -0.3 is 15.3 Å². The van der Waals surface area contributed by atoms with Gasteiger partial charge in [-0.1, -0.05) is 6.07 Å². The number of hydrogen-bond donors (Lipinski definition) is 2. The van der Waals surface area contributed by atoms with Gasteiger partial charge in [0.2, 0.25) is 0 Å². The normalized spacial score (nSPS) is 20.4.